The van der Waals surface area contributed by atoms with Gasteiger partial charge in [-0.1, -0.05) is 32.0 Å². The molecular weight excluding hydrogens is 242 g/mol. The van der Waals surface area contributed by atoms with Crippen molar-refractivity contribution in [2.45, 2.75) is 39.5 Å². The first-order chi connectivity index (χ1) is 9.01. The molecular formula is C15H21NO3. The predicted molar refractivity (Wildman–Crippen MR) is 75.5 cm³/mol. The molecule has 1 amide bonds. The minimum atomic E-state index is -0.943. The number of carboxylic acids is 1. The molecule has 0 radical (unpaired) electrons. The highest BCUT2D eigenvalue weighted by molar-refractivity contribution is 5.95. The number of nitrogens with zero attached hydrogens (tertiary/aromatic N) is 1. The summed E-state index contributed by atoms with van der Waals surface area (Å²) in [6, 6.07) is 6.02. The van der Waals surface area contributed by atoms with Gasteiger partial charge in [-0.15, -0.1) is 0 Å². The number of rotatable bonds is 6. The van der Waals surface area contributed by atoms with Gasteiger partial charge in [-0.25, -0.2) is 0 Å². The molecule has 0 unspecified atom stereocenters. The van der Waals surface area contributed by atoms with Crippen molar-refractivity contribution in [3.8, 4) is 0 Å². The van der Waals surface area contributed by atoms with Crippen molar-refractivity contribution in [2.75, 3.05) is 11.9 Å². The van der Waals surface area contributed by atoms with Gasteiger partial charge in [-0.2, -0.15) is 0 Å². The largest absolute Gasteiger partial charge is 0.481 e. The highest BCUT2D eigenvalue weighted by Gasteiger charge is 2.17. The summed E-state index contributed by atoms with van der Waals surface area (Å²) >= 11 is 0. The molecule has 0 heterocycles. The summed E-state index contributed by atoms with van der Waals surface area (Å²) in [5, 5.41) is 8.65. The average Bonchev–Trinajstić information content (AvgIpc) is 2.42. The molecule has 0 spiro atoms. The van der Waals surface area contributed by atoms with Gasteiger partial charge in [0.1, 0.15) is 0 Å². The van der Waals surface area contributed by atoms with Crippen LogP contribution < -0.4 is 4.90 Å². The first-order valence-corrected chi connectivity index (χ1v) is 6.60. The lowest BCUT2D eigenvalue weighted by Gasteiger charge is -2.23. The molecule has 1 rings (SSSR count). The molecule has 0 aliphatic rings. The molecule has 0 atom stereocenters. The van der Waals surface area contributed by atoms with Crippen LogP contribution in [0.3, 0.4) is 0 Å². The molecule has 0 bridgehead atoms. The van der Waals surface area contributed by atoms with Crippen LogP contribution in [0.5, 0.6) is 0 Å². The molecule has 0 saturated carbocycles. The van der Waals surface area contributed by atoms with Crippen LogP contribution in [0.15, 0.2) is 18.2 Å². The number of anilines is 1. The van der Waals surface area contributed by atoms with Crippen molar-refractivity contribution >= 4 is 17.6 Å². The zero-order valence-corrected chi connectivity index (χ0v) is 11.8. The van der Waals surface area contributed by atoms with Crippen LogP contribution in [0.4, 0.5) is 5.69 Å². The minimum absolute atomic E-state index is 0.0348. The summed E-state index contributed by atoms with van der Waals surface area (Å²) in [6.45, 7) is 4.10. The second kappa shape index (κ2) is 6.92. The summed E-state index contributed by atoms with van der Waals surface area (Å²) in [5.41, 5.74) is 3.17. The number of para-hydroxylation sites is 1. The van der Waals surface area contributed by atoms with Crippen molar-refractivity contribution in [1.82, 2.24) is 0 Å². The van der Waals surface area contributed by atoms with E-state index in [0.717, 1.165) is 29.7 Å². The molecule has 0 aliphatic heterocycles. The van der Waals surface area contributed by atoms with Crippen LogP contribution in [-0.4, -0.2) is 24.0 Å². The van der Waals surface area contributed by atoms with E-state index in [1.807, 2.05) is 32.0 Å². The van der Waals surface area contributed by atoms with Crippen molar-refractivity contribution in [1.29, 1.82) is 0 Å². The Balaban J connectivity index is 3.00. The fourth-order valence-electron chi connectivity index (χ4n) is 2.15. The number of carbonyl (C=O) groups excluding carboxylic acids is 1. The normalized spacial score (nSPS) is 10.3. The van der Waals surface area contributed by atoms with Gasteiger partial charge in [0.15, 0.2) is 0 Å². The van der Waals surface area contributed by atoms with E-state index in [2.05, 4.69) is 0 Å². The third-order valence-corrected chi connectivity index (χ3v) is 3.23. The fourth-order valence-corrected chi connectivity index (χ4v) is 2.15. The van der Waals surface area contributed by atoms with Gasteiger partial charge in [0, 0.05) is 19.2 Å². The zero-order chi connectivity index (χ0) is 14.4. The van der Waals surface area contributed by atoms with E-state index in [9.17, 15) is 9.59 Å². The highest BCUT2D eigenvalue weighted by Crippen LogP contribution is 2.26. The maximum absolute atomic E-state index is 12.0. The van der Waals surface area contributed by atoms with Gasteiger partial charge in [0.25, 0.3) is 0 Å². The molecule has 0 aliphatic carbocycles. The Kier molecular flexibility index (Phi) is 5.55. The molecule has 0 saturated heterocycles. The van der Waals surface area contributed by atoms with Crippen molar-refractivity contribution in [3.63, 3.8) is 0 Å². The maximum Gasteiger partial charge on any atom is 0.303 e. The Bertz CT molecular complexity index is 446. The maximum atomic E-state index is 12.0. The van der Waals surface area contributed by atoms with Crippen molar-refractivity contribution in [2.24, 2.45) is 0 Å². The van der Waals surface area contributed by atoms with Crippen LogP contribution in [-0.2, 0) is 22.4 Å². The van der Waals surface area contributed by atoms with Crippen LogP contribution in [0.1, 0.15) is 37.8 Å². The van der Waals surface area contributed by atoms with Gasteiger partial charge in [0.05, 0.1) is 6.42 Å². The van der Waals surface area contributed by atoms with Crippen LogP contribution >= 0.6 is 0 Å². The molecule has 4 heteroatoms. The Morgan fingerprint density at radius 1 is 1.11 bits per heavy atom. The molecule has 0 aromatic heterocycles. The third-order valence-electron chi connectivity index (χ3n) is 3.23. The molecule has 4 nitrogen and oxygen atoms in total. The number of aliphatic carboxylic acids is 1. The molecule has 1 aromatic carbocycles. The lowest BCUT2D eigenvalue weighted by molar-refractivity contribution is -0.138. The van der Waals surface area contributed by atoms with E-state index in [4.69, 9.17) is 5.11 Å². The average molecular weight is 263 g/mol. The number of carboxylic acid groups (broad SMARTS) is 1. The number of carbonyl (C=O) groups is 2. The lowest BCUT2D eigenvalue weighted by atomic mass is 10.0. The monoisotopic (exact) mass is 263 g/mol. The first-order valence-electron chi connectivity index (χ1n) is 6.60. The van der Waals surface area contributed by atoms with Gasteiger partial charge in [-0.05, 0) is 24.0 Å². The number of amides is 1. The van der Waals surface area contributed by atoms with E-state index in [1.165, 1.54) is 0 Å². The van der Waals surface area contributed by atoms with Crippen LogP contribution in [0.2, 0.25) is 0 Å². The summed E-state index contributed by atoms with van der Waals surface area (Å²) in [5.74, 6) is -1.10. The fraction of sp³-hybridized carbons (Fsp3) is 0.467. The van der Waals surface area contributed by atoms with Gasteiger partial charge in [0.2, 0.25) is 5.91 Å². The second-order valence-electron chi connectivity index (χ2n) is 4.48. The lowest BCUT2D eigenvalue weighted by Crippen LogP contribution is -2.28. The van der Waals surface area contributed by atoms with E-state index >= 15 is 0 Å². The number of hydrogen-bond donors (Lipinski definition) is 1. The quantitative estimate of drug-likeness (QED) is 0.858. The summed E-state index contributed by atoms with van der Waals surface area (Å²) in [4.78, 5) is 24.2. The van der Waals surface area contributed by atoms with E-state index in [0.29, 0.717) is 0 Å². The zero-order valence-electron chi connectivity index (χ0n) is 11.8. The highest BCUT2D eigenvalue weighted by atomic mass is 16.4. The Hall–Kier alpha value is -1.84. The molecule has 19 heavy (non-hydrogen) atoms. The summed E-state index contributed by atoms with van der Waals surface area (Å²) < 4.78 is 0. The molecule has 1 N–H and O–H groups in total. The van der Waals surface area contributed by atoms with E-state index in [-0.39, 0.29) is 18.7 Å². The Morgan fingerprint density at radius 2 is 1.63 bits per heavy atom. The summed E-state index contributed by atoms with van der Waals surface area (Å²) in [7, 11) is 1.72. The Morgan fingerprint density at radius 3 is 2.05 bits per heavy atom. The number of hydrogen-bond acceptors (Lipinski definition) is 2. The van der Waals surface area contributed by atoms with Crippen LogP contribution in [0, 0.1) is 0 Å². The molecule has 1 aromatic rings. The summed E-state index contributed by atoms with van der Waals surface area (Å²) in [6.07, 6.45) is 1.60. The van der Waals surface area contributed by atoms with Crippen molar-refractivity contribution < 1.29 is 14.7 Å². The minimum Gasteiger partial charge on any atom is -0.481 e. The van der Waals surface area contributed by atoms with E-state index in [1.54, 1.807) is 11.9 Å². The standard InChI is InChI=1S/C15H21NO3/c1-4-11-7-6-8-12(5-2)15(11)16(3)13(17)9-10-14(18)19/h6-8H,4-5,9-10H2,1-3H3,(H,18,19). The predicted octanol–water partition coefficient (Wildman–Crippen LogP) is 2.64. The second-order valence-corrected chi connectivity index (χ2v) is 4.48. The smallest absolute Gasteiger partial charge is 0.303 e. The molecule has 0 fully saturated rings. The Labute approximate surface area is 114 Å². The third kappa shape index (κ3) is 3.81. The van der Waals surface area contributed by atoms with Gasteiger partial charge < -0.3 is 10.0 Å². The van der Waals surface area contributed by atoms with Gasteiger partial charge in [-0.3, -0.25) is 9.59 Å². The SMILES string of the molecule is CCc1cccc(CC)c1N(C)C(=O)CCC(=O)O. The van der Waals surface area contributed by atoms with E-state index < -0.39 is 5.97 Å². The molecule has 104 valence electrons. The topological polar surface area (TPSA) is 57.6 Å². The number of benzene rings is 1. The number of aryl methyl sites for hydroxylation is 2. The van der Waals surface area contributed by atoms with Crippen LogP contribution in [0.25, 0.3) is 0 Å². The van der Waals surface area contributed by atoms with Crippen molar-refractivity contribution in [3.05, 3.63) is 29.3 Å². The van der Waals surface area contributed by atoms with Gasteiger partial charge >= 0.3 is 5.97 Å². The first kappa shape index (κ1) is 15.2.